The first-order chi connectivity index (χ1) is 9.02. The molecule has 1 aromatic rings. The molecule has 0 atom stereocenters. The van der Waals surface area contributed by atoms with Crippen molar-refractivity contribution in [1.29, 1.82) is 0 Å². The van der Waals surface area contributed by atoms with Crippen molar-refractivity contribution in [2.45, 2.75) is 12.0 Å². The maximum Gasteiger partial charge on any atom is 0.417 e. The number of halogens is 3. The Labute approximate surface area is 112 Å². The van der Waals surface area contributed by atoms with E-state index in [1.807, 2.05) is 0 Å². The van der Waals surface area contributed by atoms with Gasteiger partial charge in [0, 0.05) is 5.56 Å². The van der Waals surface area contributed by atoms with Crippen LogP contribution in [0.3, 0.4) is 0 Å². The van der Waals surface area contributed by atoms with Crippen LogP contribution in [-0.4, -0.2) is 20.2 Å². The van der Waals surface area contributed by atoms with Crippen molar-refractivity contribution in [3.63, 3.8) is 0 Å². The summed E-state index contributed by atoms with van der Waals surface area (Å²) in [7, 11) is 2.05. The van der Waals surface area contributed by atoms with Crippen molar-refractivity contribution < 1.29 is 27.4 Å². The van der Waals surface area contributed by atoms with Crippen LogP contribution in [0.1, 0.15) is 21.5 Å². The van der Waals surface area contributed by atoms with Crippen molar-refractivity contribution >= 4 is 5.97 Å². The number of alkyl halides is 3. The number of carbonyl (C=O) groups excluding carboxylic acids is 1. The average Bonchev–Trinajstić information content (AvgIpc) is 2.33. The zero-order chi connectivity index (χ0) is 15.7. The highest BCUT2D eigenvalue weighted by Crippen LogP contribution is 2.38. The average molecular weight is 293 g/mol. The fourth-order valence-corrected chi connectivity index (χ4v) is 1.56. The molecule has 0 amide bonds. The van der Waals surface area contributed by atoms with Gasteiger partial charge < -0.3 is 9.47 Å². The van der Waals surface area contributed by atoms with Gasteiger partial charge in [0.1, 0.15) is 17.1 Å². The maximum atomic E-state index is 13.0. The standard InChI is InChI=1S/C11H14F3N3O3/c1-19-7-4-5(11(15,16)17)3-6(10(12,13)14)8(7)9(18)20-2/h3-4H,15-17H2,1-2H3. The third-order valence-electron chi connectivity index (χ3n) is 2.52. The summed E-state index contributed by atoms with van der Waals surface area (Å²) in [5.74, 6) is -3.59. The quantitative estimate of drug-likeness (QED) is 0.552. The van der Waals surface area contributed by atoms with E-state index >= 15 is 0 Å². The van der Waals surface area contributed by atoms with Gasteiger partial charge in [-0.3, -0.25) is 17.2 Å². The summed E-state index contributed by atoms with van der Waals surface area (Å²) in [5.41, 5.74) is 13.8. The third-order valence-corrected chi connectivity index (χ3v) is 2.52. The number of benzene rings is 1. The summed E-state index contributed by atoms with van der Waals surface area (Å²) in [4.78, 5) is 11.5. The second kappa shape index (κ2) is 5.27. The van der Waals surface area contributed by atoms with Crippen LogP contribution in [-0.2, 0) is 16.7 Å². The van der Waals surface area contributed by atoms with Crippen LogP contribution >= 0.6 is 0 Å². The Balaban J connectivity index is 3.70. The summed E-state index contributed by atoms with van der Waals surface area (Å²) in [6.45, 7) is 0. The van der Waals surface area contributed by atoms with E-state index in [4.69, 9.17) is 21.9 Å². The molecule has 1 aromatic carbocycles. The first-order valence-electron chi connectivity index (χ1n) is 5.27. The van der Waals surface area contributed by atoms with Gasteiger partial charge in [0.2, 0.25) is 0 Å². The van der Waals surface area contributed by atoms with Crippen molar-refractivity contribution in [2.24, 2.45) is 17.2 Å². The van der Waals surface area contributed by atoms with E-state index in [-0.39, 0.29) is 11.3 Å². The molecular weight excluding hydrogens is 279 g/mol. The first-order valence-corrected chi connectivity index (χ1v) is 5.27. The highest BCUT2D eigenvalue weighted by molar-refractivity contribution is 5.94. The van der Waals surface area contributed by atoms with E-state index < -0.39 is 29.1 Å². The predicted octanol–water partition coefficient (Wildman–Crippen LogP) is 0.487. The minimum Gasteiger partial charge on any atom is -0.496 e. The van der Waals surface area contributed by atoms with Gasteiger partial charge in [-0.2, -0.15) is 13.2 Å². The molecule has 20 heavy (non-hydrogen) atoms. The highest BCUT2D eigenvalue weighted by Gasteiger charge is 2.39. The molecule has 0 aliphatic carbocycles. The molecule has 0 aliphatic rings. The third kappa shape index (κ3) is 3.18. The topological polar surface area (TPSA) is 114 Å². The molecule has 1 rings (SSSR count). The Morgan fingerprint density at radius 3 is 2.05 bits per heavy atom. The van der Waals surface area contributed by atoms with E-state index in [1.165, 1.54) is 0 Å². The zero-order valence-corrected chi connectivity index (χ0v) is 10.7. The molecule has 0 aliphatic heterocycles. The van der Waals surface area contributed by atoms with Gasteiger partial charge in [0.05, 0.1) is 19.8 Å². The molecule has 0 aromatic heterocycles. The molecule has 0 fully saturated rings. The van der Waals surface area contributed by atoms with Crippen LogP contribution in [0.25, 0.3) is 0 Å². The second-order valence-electron chi connectivity index (χ2n) is 4.02. The monoisotopic (exact) mass is 293 g/mol. The van der Waals surface area contributed by atoms with E-state index in [0.29, 0.717) is 6.07 Å². The molecule has 6 nitrogen and oxygen atoms in total. The van der Waals surface area contributed by atoms with Crippen LogP contribution in [0.15, 0.2) is 12.1 Å². The number of carbonyl (C=O) groups is 1. The molecule has 6 N–H and O–H groups in total. The van der Waals surface area contributed by atoms with E-state index in [9.17, 15) is 18.0 Å². The molecule has 0 bridgehead atoms. The molecule has 0 heterocycles. The zero-order valence-electron chi connectivity index (χ0n) is 10.7. The van der Waals surface area contributed by atoms with Gasteiger partial charge in [-0.1, -0.05) is 0 Å². The summed E-state index contributed by atoms with van der Waals surface area (Å²) in [5, 5.41) is 0. The Kier molecular flexibility index (Phi) is 4.27. The molecule has 112 valence electrons. The number of nitrogens with two attached hydrogens (primary N) is 3. The lowest BCUT2D eigenvalue weighted by atomic mass is 9.99. The number of methoxy groups -OCH3 is 2. The fourth-order valence-electron chi connectivity index (χ4n) is 1.56. The van der Waals surface area contributed by atoms with Gasteiger partial charge in [-0.05, 0) is 12.1 Å². The van der Waals surface area contributed by atoms with Crippen LogP contribution < -0.4 is 21.9 Å². The summed E-state index contributed by atoms with van der Waals surface area (Å²) < 4.78 is 48.2. The van der Waals surface area contributed by atoms with E-state index in [1.54, 1.807) is 0 Å². The molecular formula is C11H14F3N3O3. The normalized spacial score (nSPS) is 12.2. The van der Waals surface area contributed by atoms with Crippen LogP contribution in [0.4, 0.5) is 13.2 Å². The lowest BCUT2D eigenvalue weighted by Gasteiger charge is -2.23. The van der Waals surface area contributed by atoms with Gasteiger partial charge in [-0.15, -0.1) is 0 Å². The first kappa shape index (κ1) is 16.2. The molecule has 0 radical (unpaired) electrons. The van der Waals surface area contributed by atoms with E-state index in [2.05, 4.69) is 4.74 Å². The van der Waals surface area contributed by atoms with Gasteiger partial charge >= 0.3 is 12.1 Å². The van der Waals surface area contributed by atoms with Crippen molar-refractivity contribution in [3.05, 3.63) is 28.8 Å². The van der Waals surface area contributed by atoms with Crippen molar-refractivity contribution in [1.82, 2.24) is 0 Å². The summed E-state index contributed by atoms with van der Waals surface area (Å²) in [6, 6.07) is 1.65. The minimum absolute atomic E-state index is 0.241. The smallest absolute Gasteiger partial charge is 0.417 e. The summed E-state index contributed by atoms with van der Waals surface area (Å²) in [6.07, 6.45) is -4.84. The SMILES string of the molecule is COC(=O)c1c(OC)cc(C(N)(N)N)cc1C(F)(F)F. The Bertz CT molecular complexity index is 524. The molecule has 0 saturated carbocycles. The second-order valence-corrected chi connectivity index (χ2v) is 4.02. The fraction of sp³-hybridized carbons (Fsp3) is 0.364. The lowest BCUT2D eigenvalue weighted by molar-refractivity contribution is -0.138. The minimum atomic E-state index is -4.84. The lowest BCUT2D eigenvalue weighted by Crippen LogP contribution is -2.54. The van der Waals surface area contributed by atoms with Crippen LogP contribution in [0, 0.1) is 0 Å². The Morgan fingerprint density at radius 2 is 1.70 bits per heavy atom. The number of hydrogen-bond acceptors (Lipinski definition) is 6. The van der Waals surface area contributed by atoms with Crippen molar-refractivity contribution in [2.75, 3.05) is 14.2 Å². The highest BCUT2D eigenvalue weighted by atomic mass is 19.4. The van der Waals surface area contributed by atoms with Crippen LogP contribution in [0.2, 0.25) is 0 Å². The van der Waals surface area contributed by atoms with Gasteiger partial charge in [-0.25, -0.2) is 4.79 Å². The number of rotatable bonds is 3. The largest absolute Gasteiger partial charge is 0.496 e. The molecule has 0 unspecified atom stereocenters. The Hall–Kier alpha value is -1.84. The number of esters is 1. The van der Waals surface area contributed by atoms with Crippen molar-refractivity contribution in [3.8, 4) is 5.75 Å². The molecule has 0 saturated heterocycles. The van der Waals surface area contributed by atoms with Crippen LogP contribution in [0.5, 0.6) is 5.75 Å². The maximum absolute atomic E-state index is 13.0. The number of hydrogen-bond donors (Lipinski definition) is 3. The summed E-state index contributed by atoms with van der Waals surface area (Å²) >= 11 is 0. The number of ether oxygens (including phenoxy) is 2. The molecule has 9 heteroatoms. The molecule has 0 spiro atoms. The predicted molar refractivity (Wildman–Crippen MR) is 63.6 cm³/mol. The van der Waals surface area contributed by atoms with Gasteiger partial charge in [0.15, 0.2) is 0 Å². The van der Waals surface area contributed by atoms with Gasteiger partial charge in [0.25, 0.3) is 0 Å². The Morgan fingerprint density at radius 1 is 1.15 bits per heavy atom. The van der Waals surface area contributed by atoms with E-state index in [0.717, 1.165) is 20.3 Å².